The lowest BCUT2D eigenvalue weighted by molar-refractivity contribution is -0.274. The highest BCUT2D eigenvalue weighted by molar-refractivity contribution is 7.89. The molecular formula is C15H16F3N3O4S. The topological polar surface area (TPSA) is 90.3 Å². The van der Waals surface area contributed by atoms with Crippen molar-refractivity contribution >= 4 is 10.0 Å². The Balaban J connectivity index is 2.03. The number of aryl methyl sites for hydroxylation is 1. The zero-order valence-corrected chi connectivity index (χ0v) is 14.7. The van der Waals surface area contributed by atoms with E-state index in [2.05, 4.69) is 14.4 Å². The van der Waals surface area contributed by atoms with Crippen LogP contribution in [0.5, 0.6) is 5.75 Å². The summed E-state index contributed by atoms with van der Waals surface area (Å²) in [6.45, 7) is 3.28. The molecule has 11 heteroatoms. The Hall–Kier alpha value is -2.40. The van der Waals surface area contributed by atoms with Crippen molar-refractivity contribution in [3.8, 4) is 5.75 Å². The minimum Gasteiger partial charge on any atom is -0.406 e. The minimum absolute atomic E-state index is 0.0570. The highest BCUT2D eigenvalue weighted by Crippen LogP contribution is 2.23. The summed E-state index contributed by atoms with van der Waals surface area (Å²) in [7, 11) is -3.94. The molecule has 0 saturated heterocycles. The lowest BCUT2D eigenvalue weighted by atomic mass is 10.3. The fourth-order valence-electron chi connectivity index (χ4n) is 2.04. The number of nitrogens with zero attached hydrogens (tertiary/aromatic N) is 2. The first-order chi connectivity index (χ1) is 12.0. The normalized spacial score (nSPS) is 12.2. The van der Waals surface area contributed by atoms with Gasteiger partial charge in [0, 0.05) is 24.3 Å². The van der Waals surface area contributed by atoms with Crippen LogP contribution in [0.25, 0.3) is 0 Å². The van der Waals surface area contributed by atoms with Crippen LogP contribution in [0.4, 0.5) is 13.2 Å². The smallest absolute Gasteiger partial charge is 0.406 e. The fraction of sp³-hybridized carbons (Fsp3) is 0.333. The molecule has 0 aliphatic carbocycles. The van der Waals surface area contributed by atoms with Gasteiger partial charge in [0.05, 0.1) is 11.2 Å². The molecule has 0 aliphatic rings. The Morgan fingerprint density at radius 3 is 2.38 bits per heavy atom. The Morgan fingerprint density at radius 2 is 1.81 bits per heavy atom. The molecule has 7 nitrogen and oxygen atoms in total. The van der Waals surface area contributed by atoms with Crippen molar-refractivity contribution in [1.29, 1.82) is 0 Å². The monoisotopic (exact) mass is 391 g/mol. The molecule has 1 N–H and O–H groups in total. The number of ether oxygens (including phenoxy) is 1. The molecule has 0 radical (unpaired) electrons. The number of hydrogen-bond acceptors (Lipinski definition) is 5. The Morgan fingerprint density at radius 1 is 1.19 bits per heavy atom. The van der Waals surface area contributed by atoms with Crippen LogP contribution in [0, 0.1) is 13.8 Å². The number of hydrogen-bond donors (Lipinski definition) is 1. The highest BCUT2D eigenvalue weighted by Gasteiger charge is 2.31. The maximum absolute atomic E-state index is 12.1. The number of halogens is 3. The third-order valence-corrected chi connectivity index (χ3v) is 5.00. The van der Waals surface area contributed by atoms with Gasteiger partial charge in [0.1, 0.15) is 5.75 Å². The van der Waals surface area contributed by atoms with Gasteiger partial charge < -0.3 is 4.74 Å². The van der Waals surface area contributed by atoms with Gasteiger partial charge in [-0.05, 0) is 38.1 Å². The fourth-order valence-corrected chi connectivity index (χ4v) is 3.06. The van der Waals surface area contributed by atoms with Crippen LogP contribution in [0.2, 0.25) is 0 Å². The molecule has 0 bridgehead atoms. The predicted molar refractivity (Wildman–Crippen MR) is 86.3 cm³/mol. The van der Waals surface area contributed by atoms with Gasteiger partial charge in [-0.1, -0.05) is 0 Å². The Labute approximate surface area is 147 Å². The van der Waals surface area contributed by atoms with Crippen molar-refractivity contribution in [1.82, 2.24) is 14.3 Å². The average Bonchev–Trinajstić information content (AvgIpc) is 2.54. The van der Waals surface area contributed by atoms with Gasteiger partial charge >= 0.3 is 6.36 Å². The van der Waals surface area contributed by atoms with E-state index < -0.39 is 22.1 Å². The van der Waals surface area contributed by atoms with E-state index in [0.29, 0.717) is 11.3 Å². The van der Waals surface area contributed by atoms with Crippen molar-refractivity contribution < 1.29 is 26.3 Å². The maximum atomic E-state index is 12.1. The van der Waals surface area contributed by atoms with E-state index in [1.807, 2.05) is 0 Å². The minimum atomic E-state index is -4.86. The van der Waals surface area contributed by atoms with Gasteiger partial charge in [-0.3, -0.25) is 9.36 Å². The second kappa shape index (κ2) is 7.46. The SMILES string of the molecule is Cc1ncn(CCNS(=O)(=O)c2ccc(OC(F)(F)F)cc2)c(=O)c1C. The first-order valence-corrected chi connectivity index (χ1v) is 8.86. The third-order valence-electron chi connectivity index (χ3n) is 3.53. The summed E-state index contributed by atoms with van der Waals surface area (Å²) in [5, 5.41) is 0. The summed E-state index contributed by atoms with van der Waals surface area (Å²) in [4.78, 5) is 15.8. The lowest BCUT2D eigenvalue weighted by Crippen LogP contribution is -2.32. The zero-order valence-electron chi connectivity index (χ0n) is 13.9. The van der Waals surface area contributed by atoms with Crippen molar-refractivity contribution in [3.63, 3.8) is 0 Å². The number of nitrogens with one attached hydrogen (secondary N) is 1. The molecule has 0 spiro atoms. The Kier molecular flexibility index (Phi) is 5.71. The number of alkyl halides is 3. The molecule has 1 aromatic heterocycles. The van der Waals surface area contributed by atoms with Crippen LogP contribution in [0.3, 0.4) is 0 Å². The van der Waals surface area contributed by atoms with E-state index in [-0.39, 0.29) is 23.5 Å². The standard InChI is InChI=1S/C15H16F3N3O4S/c1-10-11(2)19-9-21(14(10)22)8-7-20-26(23,24)13-5-3-12(4-6-13)25-15(16,17)18/h3-6,9,20H,7-8H2,1-2H3. The van der Waals surface area contributed by atoms with Gasteiger partial charge in [0.25, 0.3) is 5.56 Å². The molecule has 0 fully saturated rings. The molecule has 1 heterocycles. The van der Waals surface area contributed by atoms with Crippen LogP contribution in [0.1, 0.15) is 11.3 Å². The van der Waals surface area contributed by atoms with E-state index in [0.717, 1.165) is 24.3 Å². The molecular weight excluding hydrogens is 375 g/mol. The molecule has 1 aromatic carbocycles. The van der Waals surface area contributed by atoms with Crippen molar-refractivity contribution in [2.24, 2.45) is 0 Å². The molecule has 26 heavy (non-hydrogen) atoms. The van der Waals surface area contributed by atoms with Crippen molar-refractivity contribution in [2.45, 2.75) is 31.7 Å². The third kappa shape index (κ3) is 5.05. The number of benzene rings is 1. The van der Waals surface area contributed by atoms with Crippen LogP contribution in [-0.4, -0.2) is 30.9 Å². The van der Waals surface area contributed by atoms with E-state index in [1.54, 1.807) is 13.8 Å². The van der Waals surface area contributed by atoms with Crippen LogP contribution >= 0.6 is 0 Å². The molecule has 0 amide bonds. The van der Waals surface area contributed by atoms with Gasteiger partial charge in [0.15, 0.2) is 0 Å². The van der Waals surface area contributed by atoms with Gasteiger partial charge in [0.2, 0.25) is 10.0 Å². The summed E-state index contributed by atoms with van der Waals surface area (Å²) >= 11 is 0. The molecule has 0 aliphatic heterocycles. The average molecular weight is 391 g/mol. The van der Waals surface area contributed by atoms with Gasteiger partial charge in [-0.2, -0.15) is 0 Å². The molecule has 0 saturated carbocycles. The van der Waals surface area contributed by atoms with E-state index in [4.69, 9.17) is 0 Å². The number of aromatic nitrogens is 2. The van der Waals surface area contributed by atoms with Crippen LogP contribution < -0.4 is 15.0 Å². The molecule has 142 valence electrons. The van der Waals surface area contributed by atoms with Crippen molar-refractivity contribution in [2.75, 3.05) is 6.54 Å². The van der Waals surface area contributed by atoms with E-state index in [9.17, 15) is 26.4 Å². The van der Waals surface area contributed by atoms with Crippen LogP contribution in [-0.2, 0) is 16.6 Å². The largest absolute Gasteiger partial charge is 0.573 e. The summed E-state index contributed by atoms with van der Waals surface area (Å²) in [5.41, 5.74) is 0.786. The summed E-state index contributed by atoms with van der Waals surface area (Å²) in [6, 6.07) is 3.79. The molecule has 2 rings (SSSR count). The lowest BCUT2D eigenvalue weighted by Gasteiger charge is -2.11. The molecule has 0 atom stereocenters. The van der Waals surface area contributed by atoms with E-state index in [1.165, 1.54) is 10.9 Å². The molecule has 2 aromatic rings. The maximum Gasteiger partial charge on any atom is 0.573 e. The predicted octanol–water partition coefficient (Wildman–Crippen LogP) is 1.74. The van der Waals surface area contributed by atoms with Crippen molar-refractivity contribution in [3.05, 3.63) is 52.2 Å². The molecule has 0 unspecified atom stereocenters. The number of rotatable bonds is 6. The first-order valence-electron chi connectivity index (χ1n) is 7.38. The summed E-state index contributed by atoms with van der Waals surface area (Å²) in [6.07, 6.45) is -3.53. The second-order valence-electron chi connectivity index (χ2n) is 5.37. The van der Waals surface area contributed by atoms with Crippen LogP contribution in [0.15, 0.2) is 40.3 Å². The summed E-state index contributed by atoms with van der Waals surface area (Å²) in [5.74, 6) is -0.524. The second-order valence-corrected chi connectivity index (χ2v) is 7.14. The van der Waals surface area contributed by atoms with Gasteiger partial charge in [-0.25, -0.2) is 18.1 Å². The quantitative estimate of drug-likeness (QED) is 0.810. The number of sulfonamides is 1. The zero-order chi connectivity index (χ0) is 19.5. The summed E-state index contributed by atoms with van der Waals surface area (Å²) < 4.78 is 67.8. The van der Waals surface area contributed by atoms with E-state index >= 15 is 0 Å². The Bertz CT molecular complexity index is 938. The highest BCUT2D eigenvalue weighted by atomic mass is 32.2. The first kappa shape index (κ1) is 19.9. The van der Waals surface area contributed by atoms with Gasteiger partial charge in [-0.15, -0.1) is 13.2 Å².